The fourth-order valence-electron chi connectivity index (χ4n) is 5.28. The molecule has 3 heterocycles. The highest BCUT2D eigenvalue weighted by molar-refractivity contribution is 5.97. The lowest BCUT2D eigenvalue weighted by atomic mass is 10.00. The molecule has 8 heteroatoms. The minimum Gasteiger partial charge on any atom is -0.491 e. The van der Waals surface area contributed by atoms with E-state index < -0.39 is 6.10 Å². The van der Waals surface area contributed by atoms with Crippen LogP contribution in [0.4, 0.5) is 0 Å². The summed E-state index contributed by atoms with van der Waals surface area (Å²) in [4.78, 5) is 19.6. The first kappa shape index (κ1) is 25.0. The Kier molecular flexibility index (Phi) is 8.06. The number of hydrogen-bond acceptors (Lipinski definition) is 7. The van der Waals surface area contributed by atoms with E-state index in [1.54, 1.807) is 17.0 Å². The molecule has 8 nitrogen and oxygen atoms in total. The maximum absolute atomic E-state index is 13.3. The molecule has 0 aromatic heterocycles. The molecule has 2 aromatic carbocycles. The summed E-state index contributed by atoms with van der Waals surface area (Å²) in [5.41, 5.74) is 3.21. The van der Waals surface area contributed by atoms with Crippen LogP contribution in [-0.2, 0) is 17.7 Å². The van der Waals surface area contributed by atoms with Crippen molar-refractivity contribution in [3.8, 4) is 11.5 Å². The molecule has 1 saturated heterocycles. The van der Waals surface area contributed by atoms with Crippen molar-refractivity contribution < 1.29 is 24.1 Å². The standard InChI is InChI=1S/C28H37N3O5/c1-2-29-11-13-34-25(19-29)20-36-24-7-8-26-27(15-24)35-14-12-31(28(26)33)18-23(32)17-30-10-9-21-5-3-4-6-22(21)16-30/h3-8,15,23,25,32H,2,9-14,16-20H2,1H3/t23-,25?/m1/s1. The second-order valence-electron chi connectivity index (χ2n) is 9.86. The smallest absolute Gasteiger partial charge is 0.257 e. The molecule has 1 fully saturated rings. The molecule has 5 rings (SSSR count). The van der Waals surface area contributed by atoms with Gasteiger partial charge in [0.15, 0.2) is 0 Å². The zero-order valence-corrected chi connectivity index (χ0v) is 21.1. The summed E-state index contributed by atoms with van der Waals surface area (Å²) in [6.07, 6.45) is 0.396. The van der Waals surface area contributed by atoms with E-state index in [1.807, 2.05) is 6.07 Å². The Hall–Kier alpha value is -2.65. The number of aliphatic hydroxyl groups excluding tert-OH is 1. The predicted molar refractivity (Wildman–Crippen MR) is 137 cm³/mol. The van der Waals surface area contributed by atoms with Crippen LogP contribution in [0.15, 0.2) is 42.5 Å². The van der Waals surface area contributed by atoms with Crippen LogP contribution < -0.4 is 9.47 Å². The molecular formula is C28H37N3O5. The normalized spacial score (nSPS) is 21.8. The van der Waals surface area contributed by atoms with E-state index in [4.69, 9.17) is 14.2 Å². The van der Waals surface area contributed by atoms with Gasteiger partial charge in [-0.15, -0.1) is 0 Å². The molecular weight excluding hydrogens is 458 g/mol. The highest BCUT2D eigenvalue weighted by atomic mass is 16.5. The number of rotatable bonds is 8. The van der Waals surface area contributed by atoms with Crippen molar-refractivity contribution in [3.63, 3.8) is 0 Å². The maximum Gasteiger partial charge on any atom is 0.257 e. The number of morpholine rings is 1. The first-order valence-electron chi connectivity index (χ1n) is 13.1. The van der Waals surface area contributed by atoms with E-state index in [0.717, 1.165) is 45.8 Å². The molecule has 1 N–H and O–H groups in total. The number of hydrogen-bond donors (Lipinski definition) is 1. The van der Waals surface area contributed by atoms with Gasteiger partial charge in [0.2, 0.25) is 0 Å². The summed E-state index contributed by atoms with van der Waals surface area (Å²) in [5.74, 6) is 1.07. The topological polar surface area (TPSA) is 74.7 Å². The van der Waals surface area contributed by atoms with Crippen LogP contribution in [0.2, 0.25) is 0 Å². The zero-order chi connectivity index (χ0) is 24.9. The molecule has 3 aliphatic rings. The highest BCUT2D eigenvalue weighted by Gasteiger charge is 2.27. The van der Waals surface area contributed by atoms with Gasteiger partial charge in [0.05, 0.1) is 24.8 Å². The molecule has 3 aliphatic heterocycles. The minimum atomic E-state index is -0.624. The summed E-state index contributed by atoms with van der Waals surface area (Å²) in [7, 11) is 0. The number of β-amino-alcohol motifs (C(OH)–C–C–N with tert-alkyl or cyclic N) is 1. The largest absolute Gasteiger partial charge is 0.491 e. The number of carbonyl (C=O) groups is 1. The van der Waals surface area contributed by atoms with Crippen LogP contribution in [0.3, 0.4) is 0 Å². The fraction of sp³-hybridized carbons (Fsp3) is 0.536. The van der Waals surface area contributed by atoms with Crippen molar-refractivity contribution in [3.05, 3.63) is 59.2 Å². The Balaban J connectivity index is 1.15. The van der Waals surface area contributed by atoms with E-state index in [0.29, 0.717) is 43.4 Å². The van der Waals surface area contributed by atoms with Crippen molar-refractivity contribution >= 4 is 5.91 Å². The fourth-order valence-corrected chi connectivity index (χ4v) is 5.28. The molecule has 0 radical (unpaired) electrons. The van der Waals surface area contributed by atoms with Gasteiger partial charge in [-0.3, -0.25) is 14.6 Å². The Morgan fingerprint density at radius 1 is 1.06 bits per heavy atom. The first-order chi connectivity index (χ1) is 17.6. The van der Waals surface area contributed by atoms with Gasteiger partial charge in [-0.2, -0.15) is 0 Å². The van der Waals surface area contributed by atoms with Gasteiger partial charge in [-0.25, -0.2) is 0 Å². The van der Waals surface area contributed by atoms with Crippen molar-refractivity contribution in [2.24, 2.45) is 0 Å². The van der Waals surface area contributed by atoms with Crippen LogP contribution in [0.1, 0.15) is 28.4 Å². The van der Waals surface area contributed by atoms with Crippen molar-refractivity contribution in [2.75, 3.05) is 65.6 Å². The highest BCUT2D eigenvalue weighted by Crippen LogP contribution is 2.28. The van der Waals surface area contributed by atoms with Crippen LogP contribution >= 0.6 is 0 Å². The third-order valence-corrected chi connectivity index (χ3v) is 7.31. The summed E-state index contributed by atoms with van der Waals surface area (Å²) in [6, 6.07) is 13.8. The van der Waals surface area contributed by atoms with Gasteiger partial charge in [-0.1, -0.05) is 31.2 Å². The number of nitrogens with zero attached hydrogens (tertiary/aromatic N) is 3. The second kappa shape index (κ2) is 11.6. The van der Waals surface area contributed by atoms with Gasteiger partial charge in [-0.05, 0) is 36.2 Å². The Morgan fingerprint density at radius 2 is 1.92 bits per heavy atom. The van der Waals surface area contributed by atoms with Crippen LogP contribution in [0.25, 0.3) is 0 Å². The molecule has 194 valence electrons. The van der Waals surface area contributed by atoms with Gasteiger partial charge in [0, 0.05) is 45.3 Å². The van der Waals surface area contributed by atoms with E-state index in [9.17, 15) is 9.90 Å². The second-order valence-corrected chi connectivity index (χ2v) is 9.86. The average molecular weight is 496 g/mol. The third kappa shape index (κ3) is 6.00. The Morgan fingerprint density at radius 3 is 2.78 bits per heavy atom. The van der Waals surface area contributed by atoms with Gasteiger partial charge in [0.1, 0.15) is 30.8 Å². The quantitative estimate of drug-likeness (QED) is 0.601. The number of carbonyl (C=O) groups excluding carboxylic acids is 1. The maximum atomic E-state index is 13.3. The molecule has 2 atom stereocenters. The molecule has 1 amide bonds. The summed E-state index contributed by atoms with van der Waals surface area (Å²) in [6.45, 7) is 9.54. The van der Waals surface area contributed by atoms with E-state index >= 15 is 0 Å². The van der Waals surface area contributed by atoms with Gasteiger partial charge >= 0.3 is 0 Å². The predicted octanol–water partition coefficient (Wildman–Crippen LogP) is 2.04. The molecule has 0 bridgehead atoms. The SMILES string of the molecule is CCN1CCOC(COc2ccc3c(c2)OCCN(C[C@H](O)CN2CCc4ccccc4C2)C3=O)C1. The van der Waals surface area contributed by atoms with Crippen molar-refractivity contribution in [1.29, 1.82) is 0 Å². The molecule has 0 aliphatic carbocycles. The lowest BCUT2D eigenvalue weighted by molar-refractivity contribution is -0.0464. The Bertz CT molecular complexity index is 1050. The van der Waals surface area contributed by atoms with E-state index in [1.165, 1.54) is 11.1 Å². The summed E-state index contributed by atoms with van der Waals surface area (Å²) < 4.78 is 17.7. The number of benzene rings is 2. The lowest BCUT2D eigenvalue weighted by Crippen LogP contribution is -2.44. The molecule has 1 unspecified atom stereocenters. The average Bonchev–Trinajstić information content (AvgIpc) is 3.05. The van der Waals surface area contributed by atoms with E-state index in [-0.39, 0.29) is 18.6 Å². The zero-order valence-electron chi connectivity index (χ0n) is 21.1. The molecule has 36 heavy (non-hydrogen) atoms. The minimum absolute atomic E-state index is 0.0328. The van der Waals surface area contributed by atoms with Crippen LogP contribution in [-0.4, -0.2) is 104 Å². The number of aliphatic hydroxyl groups is 1. The first-order valence-corrected chi connectivity index (χ1v) is 13.1. The van der Waals surface area contributed by atoms with Crippen LogP contribution in [0.5, 0.6) is 11.5 Å². The third-order valence-electron chi connectivity index (χ3n) is 7.31. The summed E-state index contributed by atoms with van der Waals surface area (Å²) >= 11 is 0. The number of fused-ring (bicyclic) bond motifs is 2. The molecule has 2 aromatic rings. The van der Waals surface area contributed by atoms with Crippen molar-refractivity contribution in [1.82, 2.24) is 14.7 Å². The molecule has 0 saturated carbocycles. The van der Waals surface area contributed by atoms with Gasteiger partial charge in [0.25, 0.3) is 5.91 Å². The van der Waals surface area contributed by atoms with Crippen molar-refractivity contribution in [2.45, 2.75) is 32.1 Å². The Labute approximate surface area is 213 Å². The molecule has 0 spiro atoms. The van der Waals surface area contributed by atoms with E-state index in [2.05, 4.69) is 41.0 Å². The monoisotopic (exact) mass is 495 g/mol. The summed E-state index contributed by atoms with van der Waals surface area (Å²) in [5, 5.41) is 10.8. The number of ether oxygens (including phenoxy) is 3. The van der Waals surface area contributed by atoms with Crippen LogP contribution in [0, 0.1) is 0 Å². The van der Waals surface area contributed by atoms with Gasteiger partial charge < -0.3 is 24.2 Å². The number of amides is 1. The number of likely N-dealkylation sites (N-methyl/N-ethyl adjacent to an activating group) is 1. The lowest BCUT2D eigenvalue weighted by Gasteiger charge is -2.32.